The van der Waals surface area contributed by atoms with Crippen LogP contribution < -0.4 is 0 Å². The van der Waals surface area contributed by atoms with Crippen LogP contribution in [0, 0.1) is 0 Å². The van der Waals surface area contributed by atoms with Gasteiger partial charge in [-0.15, -0.1) is 0 Å². The molecule has 0 N–H and O–H groups in total. The number of fused-ring (bicyclic) bond motifs is 6. The molecule has 0 unspecified atom stereocenters. The summed E-state index contributed by atoms with van der Waals surface area (Å²) in [5.41, 5.74) is 9.50. The first-order chi connectivity index (χ1) is 29.8. The number of para-hydroxylation sites is 2. The smallest absolute Gasteiger partial charge is 0.167 e. The summed E-state index contributed by atoms with van der Waals surface area (Å²) in [5, 5.41) is 3.93. The Bertz CT molecular complexity index is 3470. The van der Waals surface area contributed by atoms with Gasteiger partial charge in [0.05, 0.1) is 23.5 Å². The first-order valence-electron chi connectivity index (χ1n) is 20.9. The van der Waals surface area contributed by atoms with Crippen molar-refractivity contribution in [2.75, 3.05) is 0 Å². The van der Waals surface area contributed by atoms with Gasteiger partial charge in [-0.05, 0) is 64.7 Å². The average Bonchev–Trinajstić information content (AvgIpc) is 3.86. The van der Waals surface area contributed by atoms with Crippen molar-refractivity contribution in [1.29, 1.82) is 0 Å². The maximum atomic E-state index is 8.87. The summed E-state index contributed by atoms with van der Waals surface area (Å²) in [6.45, 7) is 0. The van der Waals surface area contributed by atoms with E-state index in [-0.39, 0.29) is 23.0 Å². The van der Waals surface area contributed by atoms with Crippen LogP contribution >= 0.6 is 0 Å². The zero-order chi connectivity index (χ0) is 41.4. The van der Waals surface area contributed by atoms with Gasteiger partial charge in [-0.3, -0.25) is 0 Å². The maximum absolute atomic E-state index is 8.87. The molecule has 0 bridgehead atoms. The van der Waals surface area contributed by atoms with Crippen LogP contribution in [0.25, 0.3) is 106 Å². The molecule has 3 aromatic heterocycles. The summed E-state index contributed by atoms with van der Waals surface area (Å²) in [6, 6.07) is 52.9. The molecule has 5 nitrogen and oxygen atoms in total. The minimum atomic E-state index is -0.495. The van der Waals surface area contributed by atoms with Crippen LogP contribution in [0.5, 0.6) is 0 Å². The van der Waals surface area contributed by atoms with Gasteiger partial charge >= 0.3 is 0 Å². The van der Waals surface area contributed by atoms with Gasteiger partial charge in [-0.2, -0.15) is 0 Å². The second-order valence-corrected chi connectivity index (χ2v) is 13.7. The Hall–Kier alpha value is -7.63. The van der Waals surface area contributed by atoms with Gasteiger partial charge in [0.25, 0.3) is 0 Å². The topological polar surface area (TPSA) is 56.7 Å². The maximum Gasteiger partial charge on any atom is 0.167 e. The molecule has 0 amide bonds. The average molecular weight is 722 g/mol. The summed E-state index contributed by atoms with van der Waals surface area (Å²) < 4.78 is 52.0. The SMILES string of the molecule is [2H]c1c([2H])c([2H])c(-c2nc(-c3ccccc3)nc(-c3cc(-n4c5ccccc5c5ccccc54)cc4c3oc3ccc(-c5cccc(-c6ccccc6)c5)cc34)n2)c([2H])c1[2H]. The number of rotatable bonds is 6. The van der Waals surface area contributed by atoms with Crippen molar-refractivity contribution >= 4 is 43.7 Å². The molecule has 262 valence electrons. The normalized spacial score (nSPS) is 12.8. The standard InChI is InChI=1S/C51H32N4O/c1-4-15-33(16-5-1)36-21-14-22-37(29-36)38-27-28-47-42(30-38)43-31-39(55-45-25-12-10-23-40(45)41-24-11-13-26-46(41)55)32-44(48(43)56-47)51-53-49(34-17-6-2-7-18-34)52-50(54-51)35-19-8-3-9-20-35/h1-32H/i2D,6D,7D,17D,18D. The van der Waals surface area contributed by atoms with Crippen LogP contribution in [0.2, 0.25) is 0 Å². The Morgan fingerprint density at radius 3 is 1.70 bits per heavy atom. The number of furan rings is 1. The molecule has 0 saturated carbocycles. The summed E-state index contributed by atoms with van der Waals surface area (Å²) in [7, 11) is 0. The highest BCUT2D eigenvalue weighted by Crippen LogP contribution is 2.41. The van der Waals surface area contributed by atoms with Crippen molar-refractivity contribution in [2.24, 2.45) is 0 Å². The van der Waals surface area contributed by atoms with E-state index in [9.17, 15) is 0 Å². The van der Waals surface area contributed by atoms with Crippen molar-refractivity contribution in [3.05, 3.63) is 194 Å². The molecule has 5 heteroatoms. The van der Waals surface area contributed by atoms with Crippen molar-refractivity contribution in [2.45, 2.75) is 0 Å². The van der Waals surface area contributed by atoms with Crippen LogP contribution in [0.15, 0.2) is 198 Å². The zero-order valence-electron chi connectivity index (χ0n) is 34.8. The van der Waals surface area contributed by atoms with E-state index < -0.39 is 30.2 Å². The Balaban J connectivity index is 1.22. The first-order valence-corrected chi connectivity index (χ1v) is 18.4. The van der Waals surface area contributed by atoms with Crippen molar-refractivity contribution in [3.63, 3.8) is 0 Å². The number of nitrogens with zero attached hydrogens (tertiary/aromatic N) is 4. The van der Waals surface area contributed by atoms with Crippen LogP contribution in [0.3, 0.4) is 0 Å². The zero-order valence-corrected chi connectivity index (χ0v) is 29.8. The van der Waals surface area contributed by atoms with E-state index in [0.717, 1.165) is 60.5 Å². The number of hydrogen-bond acceptors (Lipinski definition) is 4. The summed E-state index contributed by atoms with van der Waals surface area (Å²) in [5.74, 6) is 0.450. The lowest BCUT2D eigenvalue weighted by Crippen LogP contribution is -2.01. The molecule has 3 heterocycles. The molecule has 0 radical (unpaired) electrons. The molecule has 0 spiro atoms. The van der Waals surface area contributed by atoms with Crippen LogP contribution in [0.1, 0.15) is 6.85 Å². The summed E-state index contributed by atoms with van der Waals surface area (Å²) in [6.07, 6.45) is 0. The lowest BCUT2D eigenvalue weighted by Gasteiger charge is -2.12. The van der Waals surface area contributed by atoms with E-state index in [1.54, 1.807) is 0 Å². The minimum Gasteiger partial charge on any atom is -0.455 e. The summed E-state index contributed by atoms with van der Waals surface area (Å²) in [4.78, 5) is 14.8. The quantitative estimate of drug-likeness (QED) is 0.172. The lowest BCUT2D eigenvalue weighted by atomic mass is 9.97. The number of benzene rings is 8. The molecular weight excluding hydrogens is 685 g/mol. The molecule has 8 aromatic carbocycles. The van der Waals surface area contributed by atoms with E-state index in [4.69, 9.17) is 26.2 Å². The van der Waals surface area contributed by atoms with Crippen LogP contribution in [-0.4, -0.2) is 19.5 Å². The Kier molecular flexibility index (Phi) is 6.29. The molecule has 0 aliphatic rings. The van der Waals surface area contributed by atoms with Crippen LogP contribution in [-0.2, 0) is 0 Å². The van der Waals surface area contributed by atoms with E-state index in [0.29, 0.717) is 22.3 Å². The third-order valence-electron chi connectivity index (χ3n) is 10.3. The minimum absolute atomic E-state index is 0.0482. The Labute approximate surface area is 329 Å². The van der Waals surface area contributed by atoms with E-state index >= 15 is 0 Å². The lowest BCUT2D eigenvalue weighted by molar-refractivity contribution is 0.669. The third kappa shape index (κ3) is 5.37. The van der Waals surface area contributed by atoms with Crippen LogP contribution in [0.4, 0.5) is 0 Å². The highest BCUT2D eigenvalue weighted by molar-refractivity contribution is 6.13. The number of aromatic nitrogens is 4. The fourth-order valence-electron chi connectivity index (χ4n) is 7.73. The van der Waals surface area contributed by atoms with Gasteiger partial charge in [0, 0.05) is 38.4 Å². The van der Waals surface area contributed by atoms with Crippen molar-refractivity contribution < 1.29 is 11.3 Å². The predicted molar refractivity (Wildman–Crippen MR) is 229 cm³/mol. The molecule has 11 rings (SSSR count). The number of hydrogen-bond donors (Lipinski definition) is 0. The van der Waals surface area contributed by atoms with Gasteiger partial charge in [-0.25, -0.2) is 15.0 Å². The molecular formula is C51H32N4O. The van der Waals surface area contributed by atoms with E-state index in [1.165, 1.54) is 0 Å². The van der Waals surface area contributed by atoms with Gasteiger partial charge < -0.3 is 8.98 Å². The molecule has 0 saturated heterocycles. The van der Waals surface area contributed by atoms with Crippen molar-refractivity contribution in [3.8, 4) is 62.1 Å². The molecule has 0 aliphatic heterocycles. The second-order valence-electron chi connectivity index (χ2n) is 13.7. The van der Waals surface area contributed by atoms with E-state index in [1.807, 2.05) is 84.9 Å². The van der Waals surface area contributed by atoms with Crippen molar-refractivity contribution in [1.82, 2.24) is 19.5 Å². The van der Waals surface area contributed by atoms with E-state index in [2.05, 4.69) is 83.4 Å². The Morgan fingerprint density at radius 2 is 0.982 bits per heavy atom. The highest BCUT2D eigenvalue weighted by atomic mass is 16.3. The van der Waals surface area contributed by atoms with Gasteiger partial charge in [0.2, 0.25) is 0 Å². The molecule has 56 heavy (non-hydrogen) atoms. The fraction of sp³-hybridized carbons (Fsp3) is 0. The highest BCUT2D eigenvalue weighted by Gasteiger charge is 2.22. The van der Waals surface area contributed by atoms with Gasteiger partial charge in [-0.1, -0.05) is 152 Å². The third-order valence-corrected chi connectivity index (χ3v) is 10.3. The second kappa shape index (κ2) is 13.0. The summed E-state index contributed by atoms with van der Waals surface area (Å²) >= 11 is 0. The molecule has 11 aromatic rings. The van der Waals surface area contributed by atoms with Gasteiger partial charge in [0.15, 0.2) is 17.5 Å². The predicted octanol–water partition coefficient (Wildman–Crippen LogP) is 13.2. The molecule has 0 aliphatic carbocycles. The Morgan fingerprint density at radius 1 is 0.411 bits per heavy atom. The molecule has 0 atom stereocenters. The fourth-order valence-corrected chi connectivity index (χ4v) is 7.73. The first kappa shape index (κ1) is 27.0. The largest absolute Gasteiger partial charge is 0.455 e. The van der Waals surface area contributed by atoms with Gasteiger partial charge in [0.1, 0.15) is 11.2 Å². The molecule has 0 fully saturated rings. The monoisotopic (exact) mass is 721 g/mol.